The smallest absolute Gasteiger partial charge is 0.269 e. The highest BCUT2D eigenvalue weighted by Gasteiger charge is 2.33. The highest BCUT2D eigenvalue weighted by molar-refractivity contribution is 7.99. The first-order chi connectivity index (χ1) is 13.1. The number of hydrogen-bond donors (Lipinski definition) is 1. The third kappa shape index (κ3) is 2.70. The van der Waals surface area contributed by atoms with Crippen LogP contribution in [0.2, 0.25) is 0 Å². The van der Waals surface area contributed by atoms with Crippen LogP contribution in [0.25, 0.3) is 10.9 Å². The van der Waals surface area contributed by atoms with Gasteiger partial charge < -0.3 is 14.2 Å². The van der Waals surface area contributed by atoms with Gasteiger partial charge in [-0.2, -0.15) is 0 Å². The van der Waals surface area contributed by atoms with E-state index in [0.717, 1.165) is 36.3 Å². The minimum Gasteiger partial charge on any atom is -0.506 e. The minimum atomic E-state index is -0.209. The number of aromatic nitrogens is 2. The number of pyridine rings is 2. The summed E-state index contributed by atoms with van der Waals surface area (Å²) in [4.78, 5) is 27.6. The average Bonchev–Trinajstić information content (AvgIpc) is 3.53. The van der Waals surface area contributed by atoms with Gasteiger partial charge in [-0.1, -0.05) is 30.0 Å². The van der Waals surface area contributed by atoms with Crippen molar-refractivity contribution in [1.29, 1.82) is 0 Å². The lowest BCUT2D eigenvalue weighted by Gasteiger charge is -2.17. The summed E-state index contributed by atoms with van der Waals surface area (Å²) in [5.74, 6) is -0.180. The van der Waals surface area contributed by atoms with Gasteiger partial charge in [0.05, 0.1) is 5.52 Å². The summed E-state index contributed by atoms with van der Waals surface area (Å²) in [6, 6.07) is 11.7. The van der Waals surface area contributed by atoms with Crippen LogP contribution in [0.4, 0.5) is 0 Å². The first-order valence-electron chi connectivity index (χ1n) is 9.32. The molecule has 6 heteroatoms. The molecule has 2 aliphatic carbocycles. The number of hydrogen-bond acceptors (Lipinski definition) is 4. The number of nitrogens with zero attached hydrogens (tertiary/aromatic N) is 2. The van der Waals surface area contributed by atoms with Gasteiger partial charge in [-0.3, -0.25) is 9.59 Å². The summed E-state index contributed by atoms with van der Waals surface area (Å²) in [7, 11) is 0. The Morgan fingerprint density at radius 2 is 1.59 bits per heavy atom. The van der Waals surface area contributed by atoms with Gasteiger partial charge in [0.25, 0.3) is 11.1 Å². The van der Waals surface area contributed by atoms with Crippen LogP contribution in [0, 0.1) is 6.92 Å². The molecule has 0 radical (unpaired) electrons. The molecule has 1 aromatic carbocycles. The highest BCUT2D eigenvalue weighted by Crippen LogP contribution is 2.42. The van der Waals surface area contributed by atoms with Crippen LogP contribution in [-0.4, -0.2) is 14.2 Å². The molecular formula is C21H20N2O3S. The lowest BCUT2D eigenvalue weighted by Crippen LogP contribution is -2.27. The molecule has 0 unspecified atom stereocenters. The molecule has 0 spiro atoms. The van der Waals surface area contributed by atoms with E-state index in [4.69, 9.17) is 0 Å². The zero-order valence-corrected chi connectivity index (χ0v) is 15.8. The standard InChI is InChI=1S/C21H20N2O3S/c1-12-11-16-17(20(25)22(12)13-7-8-13)18(24)19(21(26)23(16)14-9-10-14)27-15-5-3-2-4-6-15/h2-6,11,13-14,24H,7-10H2,1H3. The van der Waals surface area contributed by atoms with Gasteiger partial charge in [0.15, 0.2) is 0 Å². The van der Waals surface area contributed by atoms with Crippen LogP contribution in [-0.2, 0) is 0 Å². The van der Waals surface area contributed by atoms with E-state index in [-0.39, 0.29) is 39.2 Å². The Morgan fingerprint density at radius 3 is 2.22 bits per heavy atom. The summed E-state index contributed by atoms with van der Waals surface area (Å²) in [6.45, 7) is 1.91. The predicted octanol–water partition coefficient (Wildman–Crippen LogP) is 4.00. The molecule has 5 nitrogen and oxygen atoms in total. The van der Waals surface area contributed by atoms with Gasteiger partial charge in [0.1, 0.15) is 16.0 Å². The van der Waals surface area contributed by atoms with Crippen molar-refractivity contribution in [1.82, 2.24) is 9.13 Å². The fourth-order valence-corrected chi connectivity index (χ4v) is 4.67. The van der Waals surface area contributed by atoms with Gasteiger partial charge >= 0.3 is 0 Å². The fraction of sp³-hybridized carbons (Fsp3) is 0.333. The van der Waals surface area contributed by atoms with Crippen molar-refractivity contribution in [3.8, 4) is 5.75 Å². The molecule has 2 aromatic heterocycles. The summed E-state index contributed by atoms with van der Waals surface area (Å²) in [5, 5.41) is 11.2. The minimum absolute atomic E-state index is 0.117. The van der Waals surface area contributed by atoms with Crippen molar-refractivity contribution in [3.63, 3.8) is 0 Å². The number of benzene rings is 1. The van der Waals surface area contributed by atoms with Crippen molar-refractivity contribution in [2.24, 2.45) is 0 Å². The zero-order chi connectivity index (χ0) is 18.7. The Hall–Kier alpha value is -2.47. The van der Waals surface area contributed by atoms with Gasteiger partial charge in [-0.05, 0) is 50.8 Å². The van der Waals surface area contributed by atoms with Gasteiger partial charge in [-0.15, -0.1) is 0 Å². The summed E-state index contributed by atoms with van der Waals surface area (Å²) < 4.78 is 3.51. The second-order valence-electron chi connectivity index (χ2n) is 7.45. The van der Waals surface area contributed by atoms with E-state index < -0.39 is 0 Å². The van der Waals surface area contributed by atoms with Gasteiger partial charge in [0.2, 0.25) is 0 Å². The van der Waals surface area contributed by atoms with E-state index in [1.165, 1.54) is 11.8 Å². The molecule has 138 valence electrons. The third-order valence-electron chi connectivity index (χ3n) is 5.33. The van der Waals surface area contributed by atoms with Crippen LogP contribution in [0.5, 0.6) is 5.75 Å². The second kappa shape index (κ2) is 6.02. The molecule has 0 saturated heterocycles. The summed E-state index contributed by atoms with van der Waals surface area (Å²) >= 11 is 1.23. The van der Waals surface area contributed by atoms with Crippen molar-refractivity contribution < 1.29 is 5.11 Å². The van der Waals surface area contributed by atoms with Crippen LogP contribution in [0.1, 0.15) is 43.5 Å². The monoisotopic (exact) mass is 380 g/mol. The molecule has 0 aliphatic heterocycles. The van der Waals surface area contributed by atoms with E-state index in [2.05, 4.69) is 0 Å². The largest absolute Gasteiger partial charge is 0.506 e. The van der Waals surface area contributed by atoms with E-state index in [0.29, 0.717) is 5.52 Å². The number of rotatable bonds is 4. The Morgan fingerprint density at radius 1 is 0.963 bits per heavy atom. The lowest BCUT2D eigenvalue weighted by molar-refractivity contribution is 0.462. The second-order valence-corrected chi connectivity index (χ2v) is 8.54. The maximum atomic E-state index is 13.2. The molecule has 0 atom stereocenters. The average molecular weight is 380 g/mol. The quantitative estimate of drug-likeness (QED) is 0.743. The number of fused-ring (bicyclic) bond motifs is 1. The van der Waals surface area contributed by atoms with Crippen LogP contribution < -0.4 is 11.1 Å². The Kier molecular flexibility index (Phi) is 3.72. The van der Waals surface area contributed by atoms with Crippen LogP contribution in [0.15, 0.2) is 55.8 Å². The van der Waals surface area contributed by atoms with E-state index in [9.17, 15) is 14.7 Å². The first-order valence-corrected chi connectivity index (χ1v) is 10.1. The molecule has 1 N–H and O–H groups in total. The molecule has 0 bridgehead atoms. The maximum Gasteiger partial charge on any atom is 0.269 e. The van der Waals surface area contributed by atoms with E-state index in [1.54, 1.807) is 9.13 Å². The number of aromatic hydroxyl groups is 1. The molecule has 0 amide bonds. The highest BCUT2D eigenvalue weighted by atomic mass is 32.2. The molecule has 2 fully saturated rings. The SMILES string of the molecule is Cc1cc2c(c(O)c(Sc3ccccc3)c(=O)n2C2CC2)c(=O)n1C1CC1. The normalized spacial score (nSPS) is 16.8. The van der Waals surface area contributed by atoms with Crippen molar-refractivity contribution in [2.75, 3.05) is 0 Å². The summed E-state index contributed by atoms with van der Waals surface area (Å²) in [6.07, 6.45) is 3.84. The third-order valence-corrected chi connectivity index (χ3v) is 6.41. The molecule has 5 rings (SSSR count). The molecule has 2 aliphatic rings. The van der Waals surface area contributed by atoms with Crippen LogP contribution in [0.3, 0.4) is 0 Å². The predicted molar refractivity (Wildman–Crippen MR) is 106 cm³/mol. The molecule has 2 saturated carbocycles. The molecule has 2 heterocycles. The maximum absolute atomic E-state index is 13.2. The Bertz CT molecular complexity index is 1170. The van der Waals surface area contributed by atoms with Crippen molar-refractivity contribution >= 4 is 22.7 Å². The Balaban J connectivity index is 1.83. The molecule has 3 aromatic rings. The van der Waals surface area contributed by atoms with E-state index in [1.807, 2.05) is 43.3 Å². The number of aryl methyl sites for hydroxylation is 1. The summed E-state index contributed by atoms with van der Waals surface area (Å²) in [5.41, 5.74) is 1.03. The fourth-order valence-electron chi connectivity index (χ4n) is 3.76. The van der Waals surface area contributed by atoms with Gasteiger partial charge in [-0.25, -0.2) is 0 Å². The molecule has 27 heavy (non-hydrogen) atoms. The Labute approximate surface area is 160 Å². The molecular weight excluding hydrogens is 360 g/mol. The zero-order valence-electron chi connectivity index (χ0n) is 15.0. The first kappa shape index (κ1) is 16.7. The lowest BCUT2D eigenvalue weighted by atomic mass is 10.2. The topological polar surface area (TPSA) is 64.2 Å². The van der Waals surface area contributed by atoms with Crippen molar-refractivity contribution in [2.45, 2.75) is 54.5 Å². The van der Waals surface area contributed by atoms with Gasteiger partial charge in [0, 0.05) is 22.7 Å². The van der Waals surface area contributed by atoms with Crippen molar-refractivity contribution in [3.05, 3.63) is 62.8 Å². The van der Waals surface area contributed by atoms with Crippen LogP contribution >= 0.6 is 11.8 Å². The van der Waals surface area contributed by atoms with E-state index >= 15 is 0 Å².